The zero-order valence-electron chi connectivity index (χ0n) is 10.5. The number of rotatable bonds is 4. The predicted molar refractivity (Wildman–Crippen MR) is 64.3 cm³/mol. The Morgan fingerprint density at radius 2 is 2.37 bits per heavy atom. The second-order valence-corrected chi connectivity index (χ2v) is 4.40. The van der Waals surface area contributed by atoms with Gasteiger partial charge < -0.3 is 20.5 Å². The SMILES string of the molecule is Cn1ccc(CNC(=O)NC2COCC2C(=O)O)n1. The fourth-order valence-electron chi connectivity index (χ4n) is 1.89. The van der Waals surface area contributed by atoms with Crippen LogP contribution in [0.2, 0.25) is 0 Å². The van der Waals surface area contributed by atoms with Gasteiger partial charge in [-0.1, -0.05) is 0 Å². The number of ether oxygens (including phenoxy) is 1. The number of aryl methyl sites for hydroxylation is 1. The fourth-order valence-corrected chi connectivity index (χ4v) is 1.89. The van der Waals surface area contributed by atoms with Gasteiger partial charge in [0.05, 0.1) is 31.5 Å². The highest BCUT2D eigenvalue weighted by molar-refractivity contribution is 5.77. The van der Waals surface area contributed by atoms with Crippen molar-refractivity contribution in [1.29, 1.82) is 0 Å². The van der Waals surface area contributed by atoms with Crippen LogP contribution in [0.3, 0.4) is 0 Å². The molecule has 0 saturated carbocycles. The van der Waals surface area contributed by atoms with Crippen LogP contribution in [0.15, 0.2) is 12.3 Å². The molecule has 0 aliphatic carbocycles. The summed E-state index contributed by atoms with van der Waals surface area (Å²) in [5.41, 5.74) is 0.732. The molecular weight excluding hydrogens is 252 g/mol. The summed E-state index contributed by atoms with van der Waals surface area (Å²) in [4.78, 5) is 22.6. The summed E-state index contributed by atoms with van der Waals surface area (Å²) in [5, 5.41) is 18.3. The molecule has 2 amide bonds. The number of hydrogen-bond donors (Lipinski definition) is 3. The number of urea groups is 1. The number of nitrogens with zero attached hydrogens (tertiary/aromatic N) is 2. The Morgan fingerprint density at radius 1 is 1.58 bits per heavy atom. The van der Waals surface area contributed by atoms with Crippen LogP contribution in [-0.4, -0.2) is 46.1 Å². The highest BCUT2D eigenvalue weighted by Gasteiger charge is 2.34. The van der Waals surface area contributed by atoms with Crippen molar-refractivity contribution >= 4 is 12.0 Å². The van der Waals surface area contributed by atoms with E-state index >= 15 is 0 Å². The van der Waals surface area contributed by atoms with Crippen molar-refractivity contribution < 1.29 is 19.4 Å². The second-order valence-electron chi connectivity index (χ2n) is 4.40. The van der Waals surface area contributed by atoms with E-state index in [0.29, 0.717) is 0 Å². The number of carbonyl (C=O) groups excluding carboxylic acids is 1. The number of hydrogen-bond acceptors (Lipinski definition) is 4. The Morgan fingerprint density at radius 3 is 3.00 bits per heavy atom. The number of carboxylic acids is 1. The average molecular weight is 268 g/mol. The first-order chi connectivity index (χ1) is 9.06. The molecular formula is C11H16N4O4. The predicted octanol–water partition coefficient (Wildman–Crippen LogP) is -0.681. The van der Waals surface area contributed by atoms with E-state index in [1.807, 2.05) is 0 Å². The lowest BCUT2D eigenvalue weighted by atomic mass is 10.0. The van der Waals surface area contributed by atoms with Crippen molar-refractivity contribution in [2.75, 3.05) is 13.2 Å². The van der Waals surface area contributed by atoms with Gasteiger partial charge in [-0.25, -0.2) is 4.79 Å². The number of aromatic nitrogens is 2. The Bertz CT molecular complexity index is 473. The van der Waals surface area contributed by atoms with E-state index < -0.39 is 24.0 Å². The largest absolute Gasteiger partial charge is 0.481 e. The van der Waals surface area contributed by atoms with Crippen LogP contribution in [0.4, 0.5) is 4.79 Å². The summed E-state index contributed by atoms with van der Waals surface area (Å²) in [6, 6.07) is 0.868. The number of carboxylic acid groups (broad SMARTS) is 1. The third-order valence-electron chi connectivity index (χ3n) is 2.91. The first-order valence-electron chi connectivity index (χ1n) is 5.89. The zero-order valence-corrected chi connectivity index (χ0v) is 10.5. The van der Waals surface area contributed by atoms with E-state index in [-0.39, 0.29) is 19.8 Å². The van der Waals surface area contributed by atoms with Gasteiger partial charge in [-0.3, -0.25) is 9.48 Å². The third-order valence-corrected chi connectivity index (χ3v) is 2.91. The molecule has 8 nitrogen and oxygen atoms in total. The lowest BCUT2D eigenvalue weighted by Gasteiger charge is -2.15. The molecule has 0 spiro atoms. The van der Waals surface area contributed by atoms with Gasteiger partial charge >= 0.3 is 12.0 Å². The Kier molecular flexibility index (Phi) is 4.00. The Labute approximate surface area is 109 Å². The molecule has 2 atom stereocenters. The van der Waals surface area contributed by atoms with Crippen molar-refractivity contribution in [2.24, 2.45) is 13.0 Å². The highest BCUT2D eigenvalue weighted by atomic mass is 16.5. The van der Waals surface area contributed by atoms with Gasteiger partial charge in [0.2, 0.25) is 0 Å². The molecule has 1 fully saturated rings. The highest BCUT2D eigenvalue weighted by Crippen LogP contribution is 2.13. The van der Waals surface area contributed by atoms with E-state index in [1.54, 1.807) is 24.0 Å². The molecule has 2 unspecified atom stereocenters. The molecule has 8 heteroatoms. The normalized spacial score (nSPS) is 22.2. The fraction of sp³-hybridized carbons (Fsp3) is 0.545. The maximum Gasteiger partial charge on any atom is 0.315 e. The van der Waals surface area contributed by atoms with E-state index in [9.17, 15) is 9.59 Å². The summed E-state index contributed by atoms with van der Waals surface area (Å²) in [6.45, 7) is 0.631. The lowest BCUT2D eigenvalue weighted by Crippen LogP contribution is -2.47. The van der Waals surface area contributed by atoms with Crippen molar-refractivity contribution in [3.05, 3.63) is 18.0 Å². The van der Waals surface area contributed by atoms with Gasteiger partial charge in [-0.15, -0.1) is 0 Å². The van der Waals surface area contributed by atoms with E-state index in [4.69, 9.17) is 9.84 Å². The molecule has 2 heterocycles. The molecule has 0 aromatic carbocycles. The number of aliphatic carboxylic acids is 1. The monoisotopic (exact) mass is 268 g/mol. The van der Waals surface area contributed by atoms with Crippen LogP contribution in [0.25, 0.3) is 0 Å². The molecule has 1 aliphatic rings. The lowest BCUT2D eigenvalue weighted by molar-refractivity contribution is -0.142. The van der Waals surface area contributed by atoms with Gasteiger partial charge in [0, 0.05) is 13.2 Å². The van der Waals surface area contributed by atoms with Crippen LogP contribution < -0.4 is 10.6 Å². The maximum absolute atomic E-state index is 11.6. The number of amides is 2. The third kappa shape index (κ3) is 3.44. The van der Waals surface area contributed by atoms with E-state index in [0.717, 1.165) is 5.69 Å². The van der Waals surface area contributed by atoms with Gasteiger partial charge in [-0.2, -0.15) is 5.10 Å². The first-order valence-corrected chi connectivity index (χ1v) is 5.89. The maximum atomic E-state index is 11.6. The summed E-state index contributed by atoms with van der Waals surface area (Å²) >= 11 is 0. The summed E-state index contributed by atoms with van der Waals surface area (Å²) < 4.78 is 6.70. The van der Waals surface area contributed by atoms with Crippen LogP contribution in [0, 0.1) is 5.92 Å². The molecule has 1 aromatic rings. The minimum absolute atomic E-state index is 0.126. The van der Waals surface area contributed by atoms with Crippen LogP contribution in [0.1, 0.15) is 5.69 Å². The molecule has 3 N–H and O–H groups in total. The summed E-state index contributed by atoms with van der Waals surface area (Å²) in [7, 11) is 1.79. The van der Waals surface area contributed by atoms with Crippen LogP contribution >= 0.6 is 0 Å². The van der Waals surface area contributed by atoms with E-state index in [1.165, 1.54) is 0 Å². The van der Waals surface area contributed by atoms with Crippen LogP contribution in [-0.2, 0) is 23.1 Å². The number of nitrogens with one attached hydrogen (secondary N) is 2. The molecule has 1 saturated heterocycles. The molecule has 2 rings (SSSR count). The van der Waals surface area contributed by atoms with Gasteiger partial charge in [0.25, 0.3) is 0 Å². The molecule has 1 aliphatic heterocycles. The van der Waals surface area contributed by atoms with Crippen molar-refractivity contribution in [3.8, 4) is 0 Å². The summed E-state index contributed by atoms with van der Waals surface area (Å²) in [6.07, 6.45) is 1.78. The molecule has 0 radical (unpaired) electrons. The quantitative estimate of drug-likeness (QED) is 0.671. The molecule has 19 heavy (non-hydrogen) atoms. The molecule has 1 aromatic heterocycles. The topological polar surface area (TPSA) is 105 Å². The first kappa shape index (κ1) is 13.3. The van der Waals surface area contributed by atoms with Gasteiger partial charge in [0.1, 0.15) is 5.92 Å². The number of carbonyl (C=O) groups is 2. The molecule has 0 bridgehead atoms. The smallest absolute Gasteiger partial charge is 0.315 e. The zero-order chi connectivity index (χ0) is 13.8. The Balaban J connectivity index is 1.79. The average Bonchev–Trinajstić information content (AvgIpc) is 2.95. The minimum atomic E-state index is -0.965. The van der Waals surface area contributed by atoms with Crippen molar-refractivity contribution in [2.45, 2.75) is 12.6 Å². The Hall–Kier alpha value is -2.09. The van der Waals surface area contributed by atoms with Crippen molar-refractivity contribution in [3.63, 3.8) is 0 Å². The van der Waals surface area contributed by atoms with Crippen LogP contribution in [0.5, 0.6) is 0 Å². The standard InChI is InChI=1S/C11H16N4O4/c1-15-3-2-7(14-15)4-12-11(18)13-9-6-19-5-8(9)10(16)17/h2-3,8-9H,4-6H2,1H3,(H,16,17)(H2,12,13,18). The second kappa shape index (κ2) is 5.70. The van der Waals surface area contributed by atoms with Gasteiger partial charge in [-0.05, 0) is 6.07 Å². The minimum Gasteiger partial charge on any atom is -0.481 e. The summed E-state index contributed by atoms with van der Waals surface area (Å²) in [5.74, 6) is -1.66. The van der Waals surface area contributed by atoms with Gasteiger partial charge in [0.15, 0.2) is 0 Å². The molecule has 104 valence electrons. The van der Waals surface area contributed by atoms with Crippen molar-refractivity contribution in [1.82, 2.24) is 20.4 Å². The van der Waals surface area contributed by atoms with E-state index in [2.05, 4.69) is 15.7 Å².